The summed E-state index contributed by atoms with van der Waals surface area (Å²) in [6.45, 7) is 2.28. The summed E-state index contributed by atoms with van der Waals surface area (Å²) in [5.74, 6) is 0.0363. The van der Waals surface area contributed by atoms with Crippen LogP contribution in [0.3, 0.4) is 0 Å². The van der Waals surface area contributed by atoms with Crippen molar-refractivity contribution in [2.45, 2.75) is 13.3 Å². The smallest absolute Gasteiger partial charge is 0.269 e. The molecule has 1 aliphatic heterocycles. The second-order valence-electron chi connectivity index (χ2n) is 8.27. The van der Waals surface area contributed by atoms with Crippen LogP contribution in [0.25, 0.3) is 11.7 Å². The monoisotopic (exact) mass is 567 g/mol. The van der Waals surface area contributed by atoms with Gasteiger partial charge in [-0.2, -0.15) is 4.98 Å². The minimum Gasteiger partial charge on any atom is -0.437 e. The third-order valence-corrected chi connectivity index (χ3v) is 7.67. The molecule has 5 rings (SSSR count). The van der Waals surface area contributed by atoms with E-state index in [4.69, 9.17) is 40.2 Å². The molecule has 0 radical (unpaired) electrons. The number of carbonyl (C=O) groups excluding carboxylic acids is 1. The molecule has 1 saturated heterocycles. The molecule has 3 heterocycles. The van der Waals surface area contributed by atoms with Crippen LogP contribution in [0.5, 0.6) is 11.6 Å². The highest BCUT2D eigenvalue weighted by Crippen LogP contribution is 2.36. The lowest BCUT2D eigenvalue weighted by atomic mass is 10.1. The maximum absolute atomic E-state index is 13.6. The second-order valence-corrected chi connectivity index (χ2v) is 10.8. The van der Waals surface area contributed by atoms with Gasteiger partial charge in [-0.25, -0.2) is 0 Å². The van der Waals surface area contributed by atoms with E-state index >= 15 is 0 Å². The molecule has 2 aromatic carbocycles. The summed E-state index contributed by atoms with van der Waals surface area (Å²) in [6, 6.07) is 18.2. The Balaban J connectivity index is 1.55. The molecule has 10 heteroatoms. The van der Waals surface area contributed by atoms with Crippen LogP contribution in [0.2, 0.25) is 10.0 Å². The number of hydrogen-bond donors (Lipinski definition) is 0. The Bertz CT molecular complexity index is 1640. The summed E-state index contributed by atoms with van der Waals surface area (Å²) in [7, 11) is 0. The number of pyridine rings is 1. The number of carbonyl (C=O) groups is 1. The molecule has 1 aliphatic rings. The molecule has 0 N–H and O–H groups in total. The predicted molar refractivity (Wildman–Crippen MR) is 153 cm³/mol. The topological polar surface area (TPSA) is 63.9 Å². The van der Waals surface area contributed by atoms with Gasteiger partial charge in [0.1, 0.15) is 21.3 Å². The van der Waals surface area contributed by atoms with Crippen molar-refractivity contribution >= 4 is 69.1 Å². The number of thioether (sulfide) groups is 1. The Morgan fingerprint density at radius 1 is 1.08 bits per heavy atom. The zero-order valence-electron chi connectivity index (χ0n) is 19.5. The van der Waals surface area contributed by atoms with Crippen molar-refractivity contribution in [3.8, 4) is 11.6 Å². The zero-order chi connectivity index (χ0) is 26.1. The number of amides is 1. The number of halogens is 2. The lowest BCUT2D eigenvalue weighted by molar-refractivity contribution is -0.122. The van der Waals surface area contributed by atoms with E-state index < -0.39 is 0 Å². The fourth-order valence-electron chi connectivity index (χ4n) is 3.87. The maximum atomic E-state index is 13.6. The van der Waals surface area contributed by atoms with Gasteiger partial charge in [0, 0.05) is 17.8 Å². The van der Waals surface area contributed by atoms with Gasteiger partial charge in [-0.15, -0.1) is 0 Å². The van der Waals surface area contributed by atoms with Gasteiger partial charge in [-0.3, -0.25) is 18.9 Å². The van der Waals surface area contributed by atoms with E-state index in [1.807, 2.05) is 43.3 Å². The average molecular weight is 569 g/mol. The van der Waals surface area contributed by atoms with Crippen molar-refractivity contribution in [1.82, 2.24) is 14.3 Å². The van der Waals surface area contributed by atoms with Gasteiger partial charge in [0.2, 0.25) is 5.88 Å². The van der Waals surface area contributed by atoms with Crippen molar-refractivity contribution < 1.29 is 9.53 Å². The molecule has 4 aromatic rings. The van der Waals surface area contributed by atoms with Gasteiger partial charge in [-0.05, 0) is 54.8 Å². The van der Waals surface area contributed by atoms with Gasteiger partial charge in [-0.1, -0.05) is 83.6 Å². The summed E-state index contributed by atoms with van der Waals surface area (Å²) in [5, 5.41) is 0.705. The minimum absolute atomic E-state index is 0.0260. The van der Waals surface area contributed by atoms with Crippen LogP contribution in [0.15, 0.2) is 76.6 Å². The molecule has 1 fully saturated rings. The fraction of sp³-hybridized carbons (Fsp3) is 0.111. The normalized spacial score (nSPS) is 14.7. The van der Waals surface area contributed by atoms with Crippen molar-refractivity contribution in [1.29, 1.82) is 0 Å². The summed E-state index contributed by atoms with van der Waals surface area (Å²) >= 11 is 19.0. The third kappa shape index (κ3) is 5.29. The maximum Gasteiger partial charge on any atom is 0.269 e. The number of aryl methyl sites for hydroxylation is 1. The number of rotatable bonds is 6. The molecule has 0 spiro atoms. The number of benzene rings is 2. The van der Waals surface area contributed by atoms with E-state index in [0.29, 0.717) is 32.9 Å². The first kappa shape index (κ1) is 25.5. The molecule has 0 bridgehead atoms. The molecule has 37 heavy (non-hydrogen) atoms. The Morgan fingerprint density at radius 3 is 2.62 bits per heavy atom. The number of fused-ring (bicyclic) bond motifs is 1. The molecule has 0 unspecified atom stereocenters. The van der Waals surface area contributed by atoms with Crippen molar-refractivity contribution in [2.24, 2.45) is 0 Å². The first-order valence-electron chi connectivity index (χ1n) is 11.3. The lowest BCUT2D eigenvalue weighted by Crippen LogP contribution is -2.30. The number of nitrogens with zero attached hydrogens (tertiary/aromatic N) is 3. The highest BCUT2D eigenvalue weighted by molar-refractivity contribution is 8.26. The molecule has 0 atom stereocenters. The third-order valence-electron chi connectivity index (χ3n) is 5.77. The van der Waals surface area contributed by atoms with Crippen LogP contribution in [0.1, 0.15) is 16.7 Å². The quantitative estimate of drug-likeness (QED) is 0.194. The molecule has 0 aliphatic carbocycles. The van der Waals surface area contributed by atoms with E-state index in [0.717, 1.165) is 22.9 Å². The van der Waals surface area contributed by atoms with Gasteiger partial charge >= 0.3 is 0 Å². The predicted octanol–water partition coefficient (Wildman–Crippen LogP) is 6.55. The Kier molecular flexibility index (Phi) is 7.35. The second kappa shape index (κ2) is 10.7. The summed E-state index contributed by atoms with van der Waals surface area (Å²) in [4.78, 5) is 33.3. The molecule has 6 nitrogen and oxygen atoms in total. The van der Waals surface area contributed by atoms with Crippen LogP contribution in [-0.2, 0) is 11.2 Å². The standard InChI is InChI=1S/C27H19Cl2N3O3S2/c1-16-6-5-12-31-23(16)30-24(35-21-10-9-18(28)14-20(21)29)19(25(31)33)15-22-26(34)32(27(36)37-22)13-11-17-7-3-2-4-8-17/h2-10,12,14-15H,11,13H2,1H3/b22-15+. The van der Waals surface area contributed by atoms with Crippen LogP contribution in [0.4, 0.5) is 0 Å². The first-order chi connectivity index (χ1) is 17.8. The Labute approximate surface area is 232 Å². The van der Waals surface area contributed by atoms with Crippen LogP contribution >= 0.6 is 47.2 Å². The molecular weight excluding hydrogens is 549 g/mol. The first-order valence-corrected chi connectivity index (χ1v) is 13.2. The van der Waals surface area contributed by atoms with Crippen molar-refractivity contribution in [3.05, 3.63) is 109 Å². The highest BCUT2D eigenvalue weighted by atomic mass is 35.5. The van der Waals surface area contributed by atoms with Crippen LogP contribution < -0.4 is 10.3 Å². The number of hydrogen-bond acceptors (Lipinski definition) is 6. The van der Waals surface area contributed by atoms with E-state index in [1.54, 1.807) is 29.3 Å². The van der Waals surface area contributed by atoms with E-state index in [2.05, 4.69) is 4.98 Å². The van der Waals surface area contributed by atoms with Gasteiger partial charge in [0.15, 0.2) is 0 Å². The largest absolute Gasteiger partial charge is 0.437 e. The highest BCUT2D eigenvalue weighted by Gasteiger charge is 2.32. The lowest BCUT2D eigenvalue weighted by Gasteiger charge is -2.14. The molecule has 1 amide bonds. The van der Waals surface area contributed by atoms with Gasteiger partial charge in [0.25, 0.3) is 11.5 Å². The summed E-state index contributed by atoms with van der Waals surface area (Å²) in [6.07, 6.45) is 3.77. The average Bonchev–Trinajstić information content (AvgIpc) is 3.15. The van der Waals surface area contributed by atoms with E-state index in [9.17, 15) is 9.59 Å². The molecule has 0 saturated carbocycles. The molecule has 186 valence electrons. The Hall–Kier alpha value is -3.17. The van der Waals surface area contributed by atoms with Crippen molar-refractivity contribution in [2.75, 3.05) is 6.54 Å². The van der Waals surface area contributed by atoms with Gasteiger partial charge < -0.3 is 4.74 Å². The number of thiocarbonyl (C=S) groups is 1. The van der Waals surface area contributed by atoms with Crippen LogP contribution in [0, 0.1) is 6.92 Å². The minimum atomic E-state index is -0.386. The van der Waals surface area contributed by atoms with E-state index in [-0.39, 0.29) is 33.7 Å². The number of aromatic nitrogens is 2. The zero-order valence-corrected chi connectivity index (χ0v) is 22.6. The van der Waals surface area contributed by atoms with Crippen LogP contribution in [-0.4, -0.2) is 31.1 Å². The summed E-state index contributed by atoms with van der Waals surface area (Å²) < 4.78 is 7.87. The molecule has 2 aromatic heterocycles. The van der Waals surface area contributed by atoms with Crippen molar-refractivity contribution in [3.63, 3.8) is 0 Å². The number of ether oxygens (including phenoxy) is 1. The summed E-state index contributed by atoms with van der Waals surface area (Å²) in [5.41, 5.74) is 2.04. The molecular formula is C27H19Cl2N3O3S2. The van der Waals surface area contributed by atoms with E-state index in [1.165, 1.54) is 16.5 Å². The SMILES string of the molecule is Cc1cccn2c(=O)c(/C=C3/SC(=S)N(CCc4ccccc4)C3=O)c(Oc3ccc(Cl)cc3Cl)nc12. The van der Waals surface area contributed by atoms with Gasteiger partial charge in [0.05, 0.1) is 9.93 Å². The fourth-order valence-corrected chi connectivity index (χ4v) is 5.60. The Morgan fingerprint density at radius 2 is 1.86 bits per heavy atom.